The van der Waals surface area contributed by atoms with Gasteiger partial charge in [0.1, 0.15) is 0 Å². The zero-order valence-corrected chi connectivity index (χ0v) is 10.7. The number of unbranched alkanes of at least 4 members (excludes halogenated alkanes) is 1. The topological polar surface area (TPSA) is 29.1 Å². The minimum Gasteiger partial charge on any atom is -0.352 e. The van der Waals surface area contributed by atoms with Crippen molar-refractivity contribution in [1.82, 2.24) is 5.32 Å². The minimum atomic E-state index is 0.255. The summed E-state index contributed by atoms with van der Waals surface area (Å²) >= 11 is 2.00. The van der Waals surface area contributed by atoms with Crippen LogP contribution in [-0.2, 0) is 4.79 Å². The van der Waals surface area contributed by atoms with Gasteiger partial charge in [0.05, 0.1) is 0 Å². The van der Waals surface area contributed by atoms with Crippen molar-refractivity contribution in [1.29, 1.82) is 0 Å². The summed E-state index contributed by atoms with van der Waals surface area (Å²) in [4.78, 5) is 11.6. The zero-order chi connectivity index (χ0) is 11.1. The third-order valence-corrected chi connectivity index (χ3v) is 4.26. The molecule has 0 aromatic heterocycles. The van der Waals surface area contributed by atoms with Gasteiger partial charge in [0.15, 0.2) is 0 Å². The van der Waals surface area contributed by atoms with Crippen LogP contribution >= 0.6 is 11.8 Å². The van der Waals surface area contributed by atoms with Gasteiger partial charge in [-0.3, -0.25) is 4.79 Å². The smallest absolute Gasteiger partial charge is 0.220 e. The van der Waals surface area contributed by atoms with Crippen LogP contribution in [0.3, 0.4) is 0 Å². The highest BCUT2D eigenvalue weighted by Crippen LogP contribution is 2.29. The second kappa shape index (κ2) is 7.15. The van der Waals surface area contributed by atoms with E-state index in [0.29, 0.717) is 17.7 Å². The summed E-state index contributed by atoms with van der Waals surface area (Å²) in [7, 11) is 0. The highest BCUT2D eigenvalue weighted by atomic mass is 32.2. The van der Waals surface area contributed by atoms with E-state index in [-0.39, 0.29) is 5.91 Å². The van der Waals surface area contributed by atoms with Crippen molar-refractivity contribution in [2.24, 2.45) is 0 Å². The van der Waals surface area contributed by atoms with E-state index in [1.54, 1.807) is 0 Å². The molecule has 88 valence electrons. The second-order valence-electron chi connectivity index (χ2n) is 4.20. The average molecular weight is 229 g/mol. The Bertz CT molecular complexity index is 196. The van der Waals surface area contributed by atoms with Gasteiger partial charge in [-0.15, -0.1) is 0 Å². The molecule has 0 saturated heterocycles. The van der Waals surface area contributed by atoms with Gasteiger partial charge in [-0.1, -0.05) is 26.7 Å². The summed E-state index contributed by atoms with van der Waals surface area (Å²) in [5.41, 5.74) is 0. The molecule has 0 spiro atoms. The summed E-state index contributed by atoms with van der Waals surface area (Å²) in [5, 5.41) is 3.86. The summed E-state index contributed by atoms with van der Waals surface area (Å²) in [6, 6.07) is 0.444. The van der Waals surface area contributed by atoms with Gasteiger partial charge in [0.25, 0.3) is 0 Å². The Morgan fingerprint density at radius 3 is 2.87 bits per heavy atom. The lowest BCUT2D eigenvalue weighted by Crippen LogP contribution is -2.38. The van der Waals surface area contributed by atoms with E-state index in [1.165, 1.54) is 19.3 Å². The number of carbonyl (C=O) groups excluding carboxylic acids is 1. The van der Waals surface area contributed by atoms with Crippen LogP contribution in [0.25, 0.3) is 0 Å². The molecule has 1 fully saturated rings. The molecular weight excluding hydrogens is 206 g/mol. The van der Waals surface area contributed by atoms with E-state index in [2.05, 4.69) is 19.2 Å². The molecule has 1 N–H and O–H groups in total. The van der Waals surface area contributed by atoms with Gasteiger partial charge in [0.2, 0.25) is 5.91 Å². The molecular formula is C12H23NOS. The highest BCUT2D eigenvalue weighted by molar-refractivity contribution is 7.99. The molecule has 0 bridgehead atoms. The first-order valence-corrected chi connectivity index (χ1v) is 7.23. The van der Waals surface area contributed by atoms with E-state index in [4.69, 9.17) is 0 Å². The quantitative estimate of drug-likeness (QED) is 0.758. The number of hydrogen-bond acceptors (Lipinski definition) is 2. The number of rotatable bonds is 6. The first kappa shape index (κ1) is 12.9. The predicted molar refractivity (Wildman–Crippen MR) is 67.2 cm³/mol. The van der Waals surface area contributed by atoms with Crippen LogP contribution < -0.4 is 5.32 Å². The molecule has 0 aliphatic heterocycles. The van der Waals surface area contributed by atoms with Gasteiger partial charge < -0.3 is 5.32 Å². The molecule has 0 aromatic rings. The standard InChI is InChI=1S/C12H23NOS/c1-3-5-9-12(14)13-10-7-6-8-11(10)15-4-2/h10-11H,3-9H2,1-2H3,(H,13,14)/t10-,11-/m1/s1. The summed E-state index contributed by atoms with van der Waals surface area (Å²) in [6.07, 6.45) is 6.55. The van der Waals surface area contributed by atoms with E-state index < -0.39 is 0 Å². The van der Waals surface area contributed by atoms with Gasteiger partial charge in [-0.05, 0) is 25.0 Å². The number of amides is 1. The third kappa shape index (κ3) is 4.45. The van der Waals surface area contributed by atoms with Crippen LogP contribution in [0.2, 0.25) is 0 Å². The monoisotopic (exact) mass is 229 g/mol. The fraction of sp³-hybridized carbons (Fsp3) is 0.917. The van der Waals surface area contributed by atoms with Crippen LogP contribution in [0, 0.1) is 0 Å². The van der Waals surface area contributed by atoms with Crippen molar-refractivity contribution in [3.8, 4) is 0 Å². The molecule has 0 aromatic carbocycles. The molecule has 15 heavy (non-hydrogen) atoms. The van der Waals surface area contributed by atoms with Gasteiger partial charge in [-0.2, -0.15) is 11.8 Å². The van der Waals surface area contributed by atoms with Gasteiger partial charge in [0, 0.05) is 17.7 Å². The van der Waals surface area contributed by atoms with Crippen LogP contribution in [0.5, 0.6) is 0 Å². The van der Waals surface area contributed by atoms with Crippen molar-refractivity contribution < 1.29 is 4.79 Å². The van der Waals surface area contributed by atoms with E-state index in [0.717, 1.165) is 18.6 Å². The maximum atomic E-state index is 11.6. The zero-order valence-electron chi connectivity index (χ0n) is 9.92. The lowest BCUT2D eigenvalue weighted by atomic mass is 10.2. The normalized spacial score (nSPS) is 25.5. The summed E-state index contributed by atoms with van der Waals surface area (Å²) in [5.74, 6) is 1.41. The highest BCUT2D eigenvalue weighted by Gasteiger charge is 2.27. The predicted octanol–water partition coefficient (Wildman–Crippen LogP) is 2.97. The van der Waals surface area contributed by atoms with Crippen molar-refractivity contribution in [2.45, 2.75) is 63.7 Å². The van der Waals surface area contributed by atoms with E-state index in [9.17, 15) is 4.79 Å². The van der Waals surface area contributed by atoms with Crippen molar-refractivity contribution >= 4 is 17.7 Å². The van der Waals surface area contributed by atoms with Crippen LogP contribution in [0.4, 0.5) is 0 Å². The maximum absolute atomic E-state index is 11.6. The number of hydrogen-bond donors (Lipinski definition) is 1. The Morgan fingerprint density at radius 1 is 1.40 bits per heavy atom. The molecule has 1 rings (SSSR count). The molecule has 2 atom stereocenters. The molecule has 0 heterocycles. The fourth-order valence-electron chi connectivity index (χ4n) is 2.12. The Kier molecular flexibility index (Phi) is 6.15. The Balaban J connectivity index is 2.26. The molecule has 1 amide bonds. The SMILES string of the molecule is CCCCC(=O)N[C@@H]1CCC[C@H]1SCC. The number of carbonyl (C=O) groups is 1. The Labute approximate surface area is 97.6 Å². The maximum Gasteiger partial charge on any atom is 0.220 e. The first-order chi connectivity index (χ1) is 7.27. The van der Waals surface area contributed by atoms with Crippen molar-refractivity contribution in [3.05, 3.63) is 0 Å². The van der Waals surface area contributed by atoms with Crippen molar-refractivity contribution in [2.75, 3.05) is 5.75 Å². The number of thioether (sulfide) groups is 1. The third-order valence-electron chi connectivity index (χ3n) is 2.94. The molecule has 0 unspecified atom stereocenters. The van der Waals surface area contributed by atoms with E-state index >= 15 is 0 Å². The van der Waals surface area contributed by atoms with Crippen LogP contribution in [0.15, 0.2) is 0 Å². The van der Waals surface area contributed by atoms with Crippen LogP contribution in [-0.4, -0.2) is 23.0 Å². The van der Waals surface area contributed by atoms with E-state index in [1.807, 2.05) is 11.8 Å². The second-order valence-corrected chi connectivity index (χ2v) is 5.72. The first-order valence-electron chi connectivity index (χ1n) is 6.18. The minimum absolute atomic E-state index is 0.255. The Morgan fingerprint density at radius 2 is 2.20 bits per heavy atom. The molecule has 3 heteroatoms. The molecule has 1 aliphatic carbocycles. The molecule has 0 radical (unpaired) electrons. The Hall–Kier alpha value is -0.180. The average Bonchev–Trinajstić information content (AvgIpc) is 2.63. The van der Waals surface area contributed by atoms with Crippen LogP contribution in [0.1, 0.15) is 52.4 Å². The van der Waals surface area contributed by atoms with Gasteiger partial charge >= 0.3 is 0 Å². The largest absolute Gasteiger partial charge is 0.352 e. The van der Waals surface area contributed by atoms with Gasteiger partial charge in [-0.25, -0.2) is 0 Å². The summed E-state index contributed by atoms with van der Waals surface area (Å²) < 4.78 is 0. The number of nitrogens with one attached hydrogen (secondary N) is 1. The fourth-order valence-corrected chi connectivity index (χ4v) is 3.32. The molecule has 2 nitrogen and oxygen atoms in total. The lowest BCUT2D eigenvalue weighted by Gasteiger charge is -2.20. The lowest BCUT2D eigenvalue weighted by molar-refractivity contribution is -0.121. The molecule has 1 aliphatic rings. The van der Waals surface area contributed by atoms with Crippen molar-refractivity contribution in [3.63, 3.8) is 0 Å². The molecule has 1 saturated carbocycles. The summed E-state index contributed by atoms with van der Waals surface area (Å²) in [6.45, 7) is 4.32.